The second-order valence-corrected chi connectivity index (χ2v) is 5.17. The van der Waals surface area contributed by atoms with Gasteiger partial charge in [-0.1, -0.05) is 13.8 Å². The normalized spacial score (nSPS) is 33.5. The molecule has 86 valence electrons. The molecule has 1 aliphatic heterocycles. The van der Waals surface area contributed by atoms with Crippen molar-refractivity contribution in [3.63, 3.8) is 0 Å². The average molecular weight is 210 g/mol. The Hall–Kier alpha value is -0.570. The third-order valence-electron chi connectivity index (χ3n) is 4.19. The summed E-state index contributed by atoms with van der Waals surface area (Å²) in [5, 5.41) is 6.54. The van der Waals surface area contributed by atoms with Crippen LogP contribution in [0.5, 0.6) is 0 Å². The Bertz CT molecular complexity index is 242. The van der Waals surface area contributed by atoms with Crippen LogP contribution in [0.2, 0.25) is 0 Å². The first-order chi connectivity index (χ1) is 7.17. The minimum Gasteiger partial charge on any atom is -0.349 e. The van der Waals surface area contributed by atoms with Crippen molar-refractivity contribution >= 4 is 5.91 Å². The van der Waals surface area contributed by atoms with Crippen LogP contribution < -0.4 is 10.6 Å². The Morgan fingerprint density at radius 1 is 1.53 bits per heavy atom. The molecule has 2 unspecified atom stereocenters. The van der Waals surface area contributed by atoms with E-state index in [0.29, 0.717) is 5.92 Å². The van der Waals surface area contributed by atoms with Gasteiger partial charge in [0.05, 0.1) is 6.04 Å². The molecule has 2 rings (SSSR count). The van der Waals surface area contributed by atoms with E-state index in [1.54, 1.807) is 0 Å². The molecule has 0 aromatic heterocycles. The second kappa shape index (κ2) is 4.12. The third-order valence-corrected chi connectivity index (χ3v) is 4.19. The number of carbonyl (C=O) groups is 1. The van der Waals surface area contributed by atoms with E-state index >= 15 is 0 Å². The van der Waals surface area contributed by atoms with Gasteiger partial charge in [-0.15, -0.1) is 0 Å². The van der Waals surface area contributed by atoms with Gasteiger partial charge in [0.25, 0.3) is 0 Å². The summed E-state index contributed by atoms with van der Waals surface area (Å²) in [5.41, 5.74) is 0.140. The quantitative estimate of drug-likeness (QED) is 0.740. The molecule has 1 saturated heterocycles. The summed E-state index contributed by atoms with van der Waals surface area (Å²) in [6.07, 6.45) is 5.78. The van der Waals surface area contributed by atoms with Crippen LogP contribution in [0.25, 0.3) is 0 Å². The molecule has 1 amide bonds. The number of nitrogens with one attached hydrogen (secondary N) is 2. The SMILES string of the molecule is CCC1(NC(=O)C2NCCC2C)CCC1. The van der Waals surface area contributed by atoms with Gasteiger partial charge in [0.1, 0.15) is 0 Å². The van der Waals surface area contributed by atoms with Crippen LogP contribution in [0.4, 0.5) is 0 Å². The van der Waals surface area contributed by atoms with Crippen LogP contribution in [0.3, 0.4) is 0 Å². The average Bonchev–Trinajstić information content (AvgIpc) is 2.58. The third kappa shape index (κ3) is 2.03. The number of rotatable bonds is 3. The lowest BCUT2D eigenvalue weighted by atomic mass is 9.74. The Kier molecular flexibility index (Phi) is 3.01. The van der Waals surface area contributed by atoms with E-state index in [0.717, 1.165) is 32.2 Å². The minimum absolute atomic E-state index is 0.0500. The van der Waals surface area contributed by atoms with Crippen LogP contribution in [0, 0.1) is 5.92 Å². The first-order valence-electron chi connectivity index (χ1n) is 6.22. The number of amides is 1. The highest BCUT2D eigenvalue weighted by Gasteiger charge is 2.39. The molecule has 0 aromatic rings. The van der Waals surface area contributed by atoms with Crippen LogP contribution in [0.1, 0.15) is 46.0 Å². The van der Waals surface area contributed by atoms with Crippen molar-refractivity contribution in [2.24, 2.45) is 5.92 Å². The topological polar surface area (TPSA) is 41.1 Å². The van der Waals surface area contributed by atoms with Crippen LogP contribution in [0.15, 0.2) is 0 Å². The van der Waals surface area contributed by atoms with Crippen molar-refractivity contribution in [2.45, 2.75) is 57.5 Å². The van der Waals surface area contributed by atoms with Crippen LogP contribution in [-0.4, -0.2) is 24.0 Å². The fourth-order valence-electron chi connectivity index (χ4n) is 2.70. The van der Waals surface area contributed by atoms with Crippen molar-refractivity contribution in [3.05, 3.63) is 0 Å². The summed E-state index contributed by atoms with van der Waals surface area (Å²) >= 11 is 0. The molecule has 1 heterocycles. The van der Waals surface area contributed by atoms with Gasteiger partial charge >= 0.3 is 0 Å². The minimum atomic E-state index is 0.0500. The summed E-state index contributed by atoms with van der Waals surface area (Å²) in [5.74, 6) is 0.709. The Balaban J connectivity index is 1.91. The van der Waals surface area contributed by atoms with Crippen molar-refractivity contribution < 1.29 is 4.79 Å². The predicted octanol–water partition coefficient (Wildman–Crippen LogP) is 1.43. The summed E-state index contributed by atoms with van der Waals surface area (Å²) in [4.78, 5) is 12.0. The van der Waals surface area contributed by atoms with E-state index in [-0.39, 0.29) is 17.5 Å². The highest BCUT2D eigenvalue weighted by Crippen LogP contribution is 2.34. The molecular weight excluding hydrogens is 188 g/mol. The van der Waals surface area contributed by atoms with Gasteiger partial charge in [0.2, 0.25) is 5.91 Å². The first-order valence-corrected chi connectivity index (χ1v) is 6.22. The lowest BCUT2D eigenvalue weighted by Gasteiger charge is -2.42. The molecule has 3 nitrogen and oxygen atoms in total. The van der Waals surface area contributed by atoms with Crippen molar-refractivity contribution in [1.29, 1.82) is 0 Å². The summed E-state index contributed by atoms with van der Waals surface area (Å²) in [7, 11) is 0. The van der Waals surface area contributed by atoms with Gasteiger partial charge in [0, 0.05) is 5.54 Å². The molecule has 0 spiro atoms. The molecule has 2 N–H and O–H groups in total. The molecule has 3 heteroatoms. The number of hydrogen-bond acceptors (Lipinski definition) is 2. The van der Waals surface area contributed by atoms with Gasteiger partial charge in [-0.25, -0.2) is 0 Å². The molecule has 2 aliphatic rings. The van der Waals surface area contributed by atoms with E-state index in [2.05, 4.69) is 24.5 Å². The molecule has 1 aliphatic carbocycles. The second-order valence-electron chi connectivity index (χ2n) is 5.17. The molecule has 2 atom stereocenters. The van der Waals surface area contributed by atoms with Crippen molar-refractivity contribution in [2.75, 3.05) is 6.54 Å². The molecule has 0 aromatic carbocycles. The maximum Gasteiger partial charge on any atom is 0.237 e. The smallest absolute Gasteiger partial charge is 0.237 e. The zero-order valence-corrected chi connectivity index (χ0v) is 9.81. The molecular formula is C12H22N2O. The van der Waals surface area contributed by atoms with Gasteiger partial charge in [-0.05, 0) is 44.6 Å². The zero-order chi connectivity index (χ0) is 10.9. The molecule has 1 saturated carbocycles. The number of hydrogen-bond donors (Lipinski definition) is 2. The fourth-order valence-corrected chi connectivity index (χ4v) is 2.70. The summed E-state index contributed by atoms with van der Waals surface area (Å²) < 4.78 is 0. The largest absolute Gasteiger partial charge is 0.349 e. The van der Waals surface area contributed by atoms with E-state index in [4.69, 9.17) is 0 Å². The van der Waals surface area contributed by atoms with Crippen molar-refractivity contribution in [1.82, 2.24) is 10.6 Å². The van der Waals surface area contributed by atoms with Gasteiger partial charge in [-0.2, -0.15) is 0 Å². The number of carbonyl (C=O) groups excluding carboxylic acids is 1. The lowest BCUT2D eigenvalue weighted by Crippen LogP contribution is -2.57. The van der Waals surface area contributed by atoms with Crippen molar-refractivity contribution in [3.8, 4) is 0 Å². The van der Waals surface area contributed by atoms with E-state index in [9.17, 15) is 4.79 Å². The summed E-state index contributed by atoms with van der Waals surface area (Å²) in [6.45, 7) is 5.31. The standard InChI is InChI=1S/C12H22N2O/c1-3-12(6-4-7-12)14-11(15)10-9(2)5-8-13-10/h9-10,13H,3-8H2,1-2H3,(H,14,15). The molecule has 2 fully saturated rings. The lowest BCUT2D eigenvalue weighted by molar-refractivity contribution is -0.126. The Labute approximate surface area is 92.0 Å². The van der Waals surface area contributed by atoms with Gasteiger partial charge < -0.3 is 10.6 Å². The highest BCUT2D eigenvalue weighted by molar-refractivity contribution is 5.83. The molecule has 15 heavy (non-hydrogen) atoms. The Morgan fingerprint density at radius 3 is 2.67 bits per heavy atom. The molecule has 0 bridgehead atoms. The molecule has 0 radical (unpaired) electrons. The van der Waals surface area contributed by atoms with Crippen LogP contribution >= 0.6 is 0 Å². The summed E-state index contributed by atoms with van der Waals surface area (Å²) in [6, 6.07) is 0.0500. The maximum absolute atomic E-state index is 12.0. The Morgan fingerprint density at radius 2 is 2.27 bits per heavy atom. The van der Waals surface area contributed by atoms with Gasteiger partial charge in [-0.3, -0.25) is 4.79 Å². The predicted molar refractivity (Wildman–Crippen MR) is 60.6 cm³/mol. The van der Waals surface area contributed by atoms with E-state index in [1.165, 1.54) is 6.42 Å². The van der Waals surface area contributed by atoms with E-state index < -0.39 is 0 Å². The van der Waals surface area contributed by atoms with Crippen LogP contribution in [-0.2, 0) is 4.79 Å². The zero-order valence-electron chi connectivity index (χ0n) is 9.81. The van der Waals surface area contributed by atoms with Gasteiger partial charge in [0.15, 0.2) is 0 Å². The highest BCUT2D eigenvalue weighted by atomic mass is 16.2. The maximum atomic E-state index is 12.0. The fraction of sp³-hybridized carbons (Fsp3) is 0.917. The first kappa shape index (κ1) is 10.9. The van der Waals surface area contributed by atoms with E-state index in [1.807, 2.05) is 0 Å². The monoisotopic (exact) mass is 210 g/mol.